The number of rotatable bonds is 6. The van der Waals surface area contributed by atoms with Crippen molar-refractivity contribution >= 4 is 5.91 Å². The van der Waals surface area contributed by atoms with E-state index in [1.54, 1.807) is 57.3 Å². The van der Waals surface area contributed by atoms with E-state index >= 15 is 0 Å². The maximum atomic E-state index is 13.1. The van der Waals surface area contributed by atoms with Crippen molar-refractivity contribution in [1.82, 2.24) is 5.32 Å². The minimum absolute atomic E-state index is 0.205. The first-order chi connectivity index (χ1) is 10.9. The number of ether oxygens (including phenoxy) is 2. The molecule has 0 saturated carbocycles. The van der Waals surface area contributed by atoms with Crippen molar-refractivity contribution in [3.8, 4) is 11.5 Å². The maximum absolute atomic E-state index is 13.1. The molecule has 0 spiro atoms. The first-order valence-corrected chi connectivity index (χ1v) is 7.29. The van der Waals surface area contributed by atoms with Gasteiger partial charge >= 0.3 is 0 Å². The fraction of sp³-hybridized carbons (Fsp3) is 0.278. The lowest BCUT2D eigenvalue weighted by Gasteiger charge is -2.24. The van der Waals surface area contributed by atoms with Crippen molar-refractivity contribution in [2.45, 2.75) is 26.1 Å². The molecule has 23 heavy (non-hydrogen) atoms. The summed E-state index contributed by atoms with van der Waals surface area (Å²) >= 11 is 0. The second-order valence-corrected chi connectivity index (χ2v) is 5.58. The van der Waals surface area contributed by atoms with Crippen molar-refractivity contribution in [3.63, 3.8) is 0 Å². The molecule has 2 aromatic carbocycles. The molecule has 0 bridgehead atoms. The summed E-state index contributed by atoms with van der Waals surface area (Å²) in [4.78, 5) is 11.7. The molecule has 0 aliphatic heterocycles. The van der Waals surface area contributed by atoms with Crippen LogP contribution in [0, 0.1) is 5.82 Å². The largest absolute Gasteiger partial charge is 0.489 e. The van der Waals surface area contributed by atoms with Crippen molar-refractivity contribution < 1.29 is 18.7 Å². The van der Waals surface area contributed by atoms with Crippen LogP contribution in [-0.4, -0.2) is 18.6 Å². The normalized spacial score (nSPS) is 11.0. The first kappa shape index (κ1) is 16.8. The Hall–Kier alpha value is -2.56. The molecule has 4 nitrogen and oxygen atoms in total. The number of carbonyl (C=O) groups is 1. The van der Waals surface area contributed by atoms with Gasteiger partial charge in [0.1, 0.15) is 23.9 Å². The van der Waals surface area contributed by atoms with E-state index in [0.717, 1.165) is 5.56 Å². The third kappa shape index (κ3) is 4.71. The predicted octanol–water partition coefficient (Wildman–Crippen LogP) is 3.31. The molecule has 0 unspecified atom stereocenters. The van der Waals surface area contributed by atoms with Crippen LogP contribution in [0.15, 0.2) is 48.5 Å². The number of likely N-dealkylation sites (N-methyl/N-ethyl adjacent to an activating group) is 1. The number of nitrogens with one attached hydrogen (secondary N) is 1. The second-order valence-electron chi connectivity index (χ2n) is 5.58. The second kappa shape index (κ2) is 7.13. The molecule has 0 atom stereocenters. The van der Waals surface area contributed by atoms with Crippen LogP contribution in [-0.2, 0) is 11.4 Å². The highest BCUT2D eigenvalue weighted by Gasteiger charge is 2.28. The van der Waals surface area contributed by atoms with Gasteiger partial charge in [0.2, 0.25) is 0 Å². The van der Waals surface area contributed by atoms with Crippen LogP contribution in [0.2, 0.25) is 0 Å². The van der Waals surface area contributed by atoms with E-state index in [2.05, 4.69) is 5.32 Å². The maximum Gasteiger partial charge on any atom is 0.263 e. The summed E-state index contributed by atoms with van der Waals surface area (Å²) in [5, 5.41) is 2.56. The van der Waals surface area contributed by atoms with Crippen molar-refractivity contribution in [2.24, 2.45) is 0 Å². The molecule has 0 fully saturated rings. The lowest BCUT2D eigenvalue weighted by Crippen LogP contribution is -2.45. The molecule has 0 aromatic heterocycles. The molecular weight excluding hydrogens is 297 g/mol. The number of halogens is 1. The van der Waals surface area contributed by atoms with E-state index in [1.165, 1.54) is 12.1 Å². The van der Waals surface area contributed by atoms with Gasteiger partial charge in [0.05, 0.1) is 0 Å². The Kier molecular flexibility index (Phi) is 5.21. The van der Waals surface area contributed by atoms with Crippen molar-refractivity contribution in [2.75, 3.05) is 7.05 Å². The molecule has 122 valence electrons. The quantitative estimate of drug-likeness (QED) is 0.889. The van der Waals surface area contributed by atoms with Gasteiger partial charge in [-0.05, 0) is 55.8 Å². The summed E-state index contributed by atoms with van der Waals surface area (Å²) in [6, 6.07) is 13.2. The van der Waals surface area contributed by atoms with E-state index < -0.39 is 5.60 Å². The molecule has 1 amide bonds. The zero-order valence-electron chi connectivity index (χ0n) is 13.4. The standard InChI is InChI=1S/C18H20FNO3/c1-18(2,17(21)20-3)23-16-9-7-15(8-10-16)22-12-13-5-4-6-14(19)11-13/h4-11H,12H2,1-3H3,(H,20,21). The topological polar surface area (TPSA) is 47.6 Å². The molecule has 0 radical (unpaired) electrons. The Bertz CT molecular complexity index is 668. The number of hydrogen-bond acceptors (Lipinski definition) is 3. The summed E-state index contributed by atoms with van der Waals surface area (Å²) in [5.74, 6) is 0.714. The lowest BCUT2D eigenvalue weighted by molar-refractivity contribution is -0.133. The first-order valence-electron chi connectivity index (χ1n) is 7.29. The molecule has 2 aromatic rings. The van der Waals surface area contributed by atoms with Crippen molar-refractivity contribution in [1.29, 1.82) is 0 Å². The summed E-state index contributed by atoms with van der Waals surface area (Å²) in [6.45, 7) is 3.67. The van der Waals surface area contributed by atoms with Gasteiger partial charge < -0.3 is 14.8 Å². The predicted molar refractivity (Wildman–Crippen MR) is 85.9 cm³/mol. The Morgan fingerprint density at radius 1 is 1.13 bits per heavy atom. The van der Waals surface area contributed by atoms with Gasteiger partial charge in [0, 0.05) is 7.05 Å². The summed E-state index contributed by atoms with van der Waals surface area (Å²) in [5.41, 5.74) is -0.204. The van der Waals surface area contributed by atoms with Gasteiger partial charge in [-0.1, -0.05) is 12.1 Å². The minimum Gasteiger partial charge on any atom is -0.489 e. The summed E-state index contributed by atoms with van der Waals surface area (Å²) in [6.07, 6.45) is 0. The van der Waals surface area contributed by atoms with Crippen LogP contribution in [0.3, 0.4) is 0 Å². The Morgan fingerprint density at radius 2 is 1.78 bits per heavy atom. The monoisotopic (exact) mass is 317 g/mol. The molecule has 0 aliphatic rings. The SMILES string of the molecule is CNC(=O)C(C)(C)Oc1ccc(OCc2cccc(F)c2)cc1. The van der Waals surface area contributed by atoms with Gasteiger partial charge in [-0.15, -0.1) is 0 Å². The Morgan fingerprint density at radius 3 is 2.39 bits per heavy atom. The van der Waals surface area contributed by atoms with Crippen molar-refractivity contribution in [3.05, 3.63) is 59.9 Å². The Balaban J connectivity index is 1.95. The highest BCUT2D eigenvalue weighted by molar-refractivity contribution is 5.84. The molecule has 0 aliphatic carbocycles. The van der Waals surface area contributed by atoms with Crippen LogP contribution in [0.1, 0.15) is 19.4 Å². The fourth-order valence-electron chi connectivity index (χ4n) is 2.04. The third-order valence-electron chi connectivity index (χ3n) is 3.27. The van der Waals surface area contributed by atoms with E-state index in [0.29, 0.717) is 11.5 Å². The van der Waals surface area contributed by atoms with Crippen LogP contribution in [0.5, 0.6) is 11.5 Å². The lowest BCUT2D eigenvalue weighted by atomic mass is 10.1. The smallest absolute Gasteiger partial charge is 0.263 e. The van der Waals surface area contributed by atoms with Crippen LogP contribution in [0.4, 0.5) is 4.39 Å². The van der Waals surface area contributed by atoms with E-state index in [1.807, 2.05) is 0 Å². The number of amides is 1. The summed E-state index contributed by atoms with van der Waals surface area (Å²) in [7, 11) is 1.57. The van der Waals surface area contributed by atoms with Gasteiger partial charge in [-0.3, -0.25) is 4.79 Å². The number of hydrogen-bond donors (Lipinski definition) is 1. The molecule has 2 rings (SSSR count). The Labute approximate surface area is 135 Å². The van der Waals surface area contributed by atoms with Gasteiger partial charge in [0.25, 0.3) is 5.91 Å². The molecule has 0 saturated heterocycles. The average molecular weight is 317 g/mol. The van der Waals surface area contributed by atoms with Crippen LogP contribution >= 0.6 is 0 Å². The number of benzene rings is 2. The zero-order chi connectivity index (χ0) is 16.9. The molecule has 1 N–H and O–H groups in total. The van der Waals surface area contributed by atoms with Crippen LogP contribution < -0.4 is 14.8 Å². The van der Waals surface area contributed by atoms with E-state index in [9.17, 15) is 9.18 Å². The van der Waals surface area contributed by atoms with E-state index in [-0.39, 0.29) is 18.3 Å². The highest BCUT2D eigenvalue weighted by Crippen LogP contribution is 2.22. The van der Waals surface area contributed by atoms with Crippen LogP contribution in [0.25, 0.3) is 0 Å². The third-order valence-corrected chi connectivity index (χ3v) is 3.27. The molecule has 0 heterocycles. The zero-order valence-corrected chi connectivity index (χ0v) is 13.4. The van der Waals surface area contributed by atoms with E-state index in [4.69, 9.17) is 9.47 Å². The van der Waals surface area contributed by atoms with Gasteiger partial charge in [0.15, 0.2) is 5.60 Å². The minimum atomic E-state index is -0.960. The summed E-state index contributed by atoms with van der Waals surface area (Å²) < 4.78 is 24.4. The molecule has 5 heteroatoms. The number of carbonyl (C=O) groups excluding carboxylic acids is 1. The fourth-order valence-corrected chi connectivity index (χ4v) is 2.04. The molecular formula is C18H20FNO3. The highest BCUT2D eigenvalue weighted by atomic mass is 19.1. The van der Waals surface area contributed by atoms with Gasteiger partial charge in [-0.2, -0.15) is 0 Å². The van der Waals surface area contributed by atoms with Gasteiger partial charge in [-0.25, -0.2) is 4.39 Å². The average Bonchev–Trinajstić information content (AvgIpc) is 2.53.